The molecule has 0 radical (unpaired) electrons. The van der Waals surface area contributed by atoms with Gasteiger partial charge in [-0.25, -0.2) is 4.98 Å². The molecular formula is C19H16N2O4. The summed E-state index contributed by atoms with van der Waals surface area (Å²) in [4.78, 5) is 15.5. The first-order valence-corrected chi connectivity index (χ1v) is 7.57. The van der Waals surface area contributed by atoms with Gasteiger partial charge in [0.25, 0.3) is 5.69 Å². The van der Waals surface area contributed by atoms with Gasteiger partial charge < -0.3 is 9.47 Å². The number of rotatable bonds is 5. The number of nitro groups is 1. The van der Waals surface area contributed by atoms with Crippen LogP contribution in [0.3, 0.4) is 0 Å². The third kappa shape index (κ3) is 3.14. The van der Waals surface area contributed by atoms with E-state index in [2.05, 4.69) is 4.98 Å². The predicted octanol–water partition coefficient (Wildman–Crippen LogP) is 4.34. The molecule has 1 aromatic heterocycles. The average molecular weight is 336 g/mol. The van der Waals surface area contributed by atoms with Crippen molar-refractivity contribution in [2.75, 3.05) is 14.2 Å². The maximum absolute atomic E-state index is 11.6. The van der Waals surface area contributed by atoms with Gasteiger partial charge in [0.05, 0.1) is 19.1 Å². The quantitative estimate of drug-likeness (QED) is 0.512. The molecule has 6 heteroatoms. The van der Waals surface area contributed by atoms with Gasteiger partial charge in [-0.2, -0.15) is 0 Å². The van der Waals surface area contributed by atoms with Crippen LogP contribution in [-0.4, -0.2) is 24.1 Å². The van der Waals surface area contributed by atoms with Crippen LogP contribution in [0.25, 0.3) is 22.4 Å². The Kier molecular flexibility index (Phi) is 4.61. The minimum Gasteiger partial charge on any atom is -0.496 e. The number of ether oxygens (including phenoxy) is 2. The van der Waals surface area contributed by atoms with Crippen LogP contribution >= 0.6 is 0 Å². The molecule has 0 amide bonds. The Bertz CT molecular complexity index is 925. The zero-order valence-electron chi connectivity index (χ0n) is 13.8. The highest BCUT2D eigenvalue weighted by atomic mass is 16.6. The summed E-state index contributed by atoms with van der Waals surface area (Å²) >= 11 is 0. The first-order chi connectivity index (χ1) is 12.2. The molecule has 0 atom stereocenters. The van der Waals surface area contributed by atoms with Gasteiger partial charge in [-0.1, -0.05) is 30.3 Å². The van der Waals surface area contributed by atoms with Crippen molar-refractivity contribution in [3.05, 3.63) is 70.9 Å². The summed E-state index contributed by atoms with van der Waals surface area (Å²) in [6.45, 7) is 0. The Labute approximate surface area is 144 Å². The first kappa shape index (κ1) is 16.4. The van der Waals surface area contributed by atoms with Crippen molar-refractivity contribution in [1.29, 1.82) is 0 Å². The van der Waals surface area contributed by atoms with Crippen LogP contribution in [0.1, 0.15) is 0 Å². The molecule has 0 N–H and O–H groups in total. The van der Waals surface area contributed by atoms with Crippen LogP contribution in [0.2, 0.25) is 0 Å². The van der Waals surface area contributed by atoms with Crippen LogP contribution in [0.4, 0.5) is 5.69 Å². The van der Waals surface area contributed by atoms with E-state index in [-0.39, 0.29) is 11.4 Å². The van der Waals surface area contributed by atoms with Crippen LogP contribution in [0.5, 0.6) is 11.5 Å². The first-order valence-electron chi connectivity index (χ1n) is 7.57. The van der Waals surface area contributed by atoms with Gasteiger partial charge in [0.2, 0.25) is 0 Å². The highest BCUT2D eigenvalue weighted by Gasteiger charge is 2.21. The second-order valence-electron chi connectivity index (χ2n) is 5.25. The van der Waals surface area contributed by atoms with Gasteiger partial charge in [-0.05, 0) is 18.2 Å². The SMILES string of the molecule is COc1ccccc1-c1cnc(-c2ccccc2OC)c([N+](=O)[O-])c1. The van der Waals surface area contributed by atoms with E-state index in [1.165, 1.54) is 13.2 Å². The molecule has 0 fully saturated rings. The summed E-state index contributed by atoms with van der Waals surface area (Å²) in [6.07, 6.45) is 1.60. The van der Waals surface area contributed by atoms with Gasteiger partial charge in [-0.15, -0.1) is 0 Å². The van der Waals surface area contributed by atoms with E-state index < -0.39 is 4.92 Å². The van der Waals surface area contributed by atoms with Crippen molar-refractivity contribution in [3.8, 4) is 33.9 Å². The Morgan fingerprint density at radius 1 is 0.920 bits per heavy atom. The van der Waals surface area contributed by atoms with Gasteiger partial charge in [0.1, 0.15) is 11.5 Å². The summed E-state index contributed by atoms with van der Waals surface area (Å²) in [5.74, 6) is 1.16. The highest BCUT2D eigenvalue weighted by molar-refractivity contribution is 5.79. The molecule has 0 aliphatic heterocycles. The maximum atomic E-state index is 11.6. The van der Waals surface area contributed by atoms with E-state index in [1.54, 1.807) is 43.6 Å². The molecule has 6 nitrogen and oxygen atoms in total. The maximum Gasteiger partial charge on any atom is 0.296 e. The lowest BCUT2D eigenvalue weighted by atomic mass is 10.0. The molecule has 0 unspecified atom stereocenters. The number of hydrogen-bond acceptors (Lipinski definition) is 5. The van der Waals surface area contributed by atoms with Crippen molar-refractivity contribution in [2.24, 2.45) is 0 Å². The van der Waals surface area contributed by atoms with E-state index >= 15 is 0 Å². The molecular weight excluding hydrogens is 320 g/mol. The Hall–Kier alpha value is -3.41. The lowest BCUT2D eigenvalue weighted by molar-refractivity contribution is -0.384. The smallest absolute Gasteiger partial charge is 0.296 e. The van der Waals surface area contributed by atoms with Crippen molar-refractivity contribution >= 4 is 5.69 Å². The van der Waals surface area contributed by atoms with Gasteiger partial charge in [0.15, 0.2) is 5.69 Å². The monoisotopic (exact) mass is 336 g/mol. The number of hydrogen-bond donors (Lipinski definition) is 0. The second kappa shape index (κ2) is 7.00. The van der Waals surface area contributed by atoms with Crippen LogP contribution in [0, 0.1) is 10.1 Å². The number of benzene rings is 2. The third-order valence-electron chi connectivity index (χ3n) is 3.84. The summed E-state index contributed by atoms with van der Waals surface area (Å²) in [5.41, 5.74) is 2.10. The average Bonchev–Trinajstić information content (AvgIpc) is 2.67. The molecule has 3 aromatic rings. The normalized spacial score (nSPS) is 10.3. The zero-order chi connectivity index (χ0) is 17.8. The fourth-order valence-corrected chi connectivity index (χ4v) is 2.67. The summed E-state index contributed by atoms with van der Waals surface area (Å²) in [7, 11) is 3.08. The van der Waals surface area contributed by atoms with Crippen molar-refractivity contribution in [1.82, 2.24) is 4.98 Å². The summed E-state index contributed by atoms with van der Waals surface area (Å²) < 4.78 is 10.6. The van der Waals surface area contributed by atoms with Crippen LogP contribution in [0.15, 0.2) is 60.8 Å². The Balaban J connectivity index is 2.19. The van der Waals surface area contributed by atoms with E-state index in [0.717, 1.165) is 5.56 Å². The second-order valence-corrected chi connectivity index (χ2v) is 5.25. The zero-order valence-corrected chi connectivity index (χ0v) is 13.8. The molecule has 0 spiro atoms. The van der Waals surface area contributed by atoms with Gasteiger partial charge in [-0.3, -0.25) is 10.1 Å². The molecule has 0 saturated carbocycles. The lowest BCUT2D eigenvalue weighted by Gasteiger charge is -2.11. The number of aromatic nitrogens is 1. The van der Waals surface area contributed by atoms with E-state index in [0.29, 0.717) is 22.6 Å². The standard InChI is InChI=1S/C19H16N2O4/c1-24-17-9-5-3-7-14(17)13-11-16(21(22)23)19(20-12-13)15-8-4-6-10-18(15)25-2/h3-12H,1-2H3. The molecule has 0 bridgehead atoms. The molecule has 0 saturated heterocycles. The Morgan fingerprint density at radius 3 is 2.08 bits per heavy atom. The summed E-state index contributed by atoms with van der Waals surface area (Å²) in [6, 6.07) is 15.9. The minimum atomic E-state index is -0.437. The largest absolute Gasteiger partial charge is 0.496 e. The van der Waals surface area contributed by atoms with Crippen molar-refractivity contribution in [3.63, 3.8) is 0 Å². The van der Waals surface area contributed by atoms with E-state index in [4.69, 9.17) is 9.47 Å². The van der Waals surface area contributed by atoms with Gasteiger partial charge >= 0.3 is 0 Å². The topological polar surface area (TPSA) is 74.5 Å². The summed E-state index contributed by atoms with van der Waals surface area (Å²) in [5, 5.41) is 11.6. The molecule has 3 rings (SSSR count). The fourth-order valence-electron chi connectivity index (χ4n) is 2.67. The number of nitrogens with zero attached hydrogens (tertiary/aromatic N) is 2. The predicted molar refractivity (Wildman–Crippen MR) is 94.9 cm³/mol. The Morgan fingerprint density at radius 2 is 1.48 bits per heavy atom. The molecule has 1 heterocycles. The molecule has 0 aliphatic rings. The van der Waals surface area contributed by atoms with Crippen molar-refractivity contribution < 1.29 is 14.4 Å². The highest BCUT2D eigenvalue weighted by Crippen LogP contribution is 2.38. The van der Waals surface area contributed by atoms with Crippen molar-refractivity contribution in [2.45, 2.75) is 0 Å². The minimum absolute atomic E-state index is 0.0899. The van der Waals surface area contributed by atoms with Crippen LogP contribution in [-0.2, 0) is 0 Å². The number of pyridine rings is 1. The van der Waals surface area contributed by atoms with Crippen LogP contribution < -0.4 is 9.47 Å². The molecule has 0 aliphatic carbocycles. The molecule has 25 heavy (non-hydrogen) atoms. The molecule has 126 valence electrons. The lowest BCUT2D eigenvalue weighted by Crippen LogP contribution is -1.98. The molecule has 2 aromatic carbocycles. The third-order valence-corrected chi connectivity index (χ3v) is 3.84. The van der Waals surface area contributed by atoms with E-state index in [1.807, 2.05) is 18.2 Å². The number of para-hydroxylation sites is 2. The van der Waals surface area contributed by atoms with Gasteiger partial charge in [0, 0.05) is 29.0 Å². The van der Waals surface area contributed by atoms with E-state index in [9.17, 15) is 10.1 Å². The number of methoxy groups -OCH3 is 2. The fraction of sp³-hybridized carbons (Fsp3) is 0.105.